The monoisotopic (exact) mass is 228 g/mol. The lowest BCUT2D eigenvalue weighted by atomic mass is 10.2. The zero-order valence-electron chi connectivity index (χ0n) is 9.02. The van der Waals surface area contributed by atoms with Gasteiger partial charge in [-0.15, -0.1) is 0 Å². The summed E-state index contributed by atoms with van der Waals surface area (Å²) in [7, 11) is 0. The average Bonchev–Trinajstić information content (AvgIpc) is 2.15. The SMILES string of the molecule is CC(=O)NCCNCc1cc(F)cc(F)c1. The van der Waals surface area contributed by atoms with Gasteiger partial charge in [0, 0.05) is 32.6 Å². The van der Waals surface area contributed by atoms with Gasteiger partial charge in [0.2, 0.25) is 5.91 Å². The van der Waals surface area contributed by atoms with E-state index in [9.17, 15) is 13.6 Å². The molecule has 1 amide bonds. The van der Waals surface area contributed by atoms with Crippen molar-refractivity contribution in [2.45, 2.75) is 13.5 Å². The molecule has 16 heavy (non-hydrogen) atoms. The van der Waals surface area contributed by atoms with E-state index in [1.165, 1.54) is 19.1 Å². The lowest BCUT2D eigenvalue weighted by molar-refractivity contribution is -0.118. The number of rotatable bonds is 5. The smallest absolute Gasteiger partial charge is 0.216 e. The molecule has 0 saturated carbocycles. The molecule has 0 aliphatic rings. The first-order valence-corrected chi connectivity index (χ1v) is 4.98. The van der Waals surface area contributed by atoms with Gasteiger partial charge in [-0.25, -0.2) is 8.78 Å². The minimum Gasteiger partial charge on any atom is -0.355 e. The topological polar surface area (TPSA) is 41.1 Å². The third kappa shape index (κ3) is 4.84. The molecular formula is C11H14F2N2O. The number of hydrogen-bond acceptors (Lipinski definition) is 2. The van der Waals surface area contributed by atoms with Crippen LogP contribution in [0.2, 0.25) is 0 Å². The fraction of sp³-hybridized carbons (Fsp3) is 0.364. The Morgan fingerprint density at radius 3 is 2.38 bits per heavy atom. The van der Waals surface area contributed by atoms with E-state index >= 15 is 0 Å². The summed E-state index contributed by atoms with van der Waals surface area (Å²) in [6.07, 6.45) is 0. The summed E-state index contributed by atoms with van der Waals surface area (Å²) in [5.41, 5.74) is 0.542. The van der Waals surface area contributed by atoms with Gasteiger partial charge in [0.1, 0.15) is 11.6 Å². The highest BCUT2D eigenvalue weighted by molar-refractivity contribution is 5.72. The molecule has 0 fully saturated rings. The first-order valence-electron chi connectivity index (χ1n) is 4.98. The van der Waals surface area contributed by atoms with Gasteiger partial charge >= 0.3 is 0 Å². The van der Waals surface area contributed by atoms with Crippen LogP contribution in [0.3, 0.4) is 0 Å². The molecule has 5 heteroatoms. The third-order valence-electron chi connectivity index (χ3n) is 1.93. The predicted molar refractivity (Wildman–Crippen MR) is 56.7 cm³/mol. The summed E-state index contributed by atoms with van der Waals surface area (Å²) in [6, 6.07) is 3.38. The van der Waals surface area contributed by atoms with E-state index in [4.69, 9.17) is 0 Å². The summed E-state index contributed by atoms with van der Waals surface area (Å²) in [5.74, 6) is -1.27. The van der Waals surface area contributed by atoms with Gasteiger partial charge in [-0.2, -0.15) is 0 Å². The Hall–Kier alpha value is -1.49. The van der Waals surface area contributed by atoms with E-state index in [1.54, 1.807) is 0 Å². The molecule has 2 N–H and O–H groups in total. The normalized spacial score (nSPS) is 10.2. The fourth-order valence-electron chi connectivity index (χ4n) is 1.27. The molecule has 0 saturated heterocycles. The number of hydrogen-bond donors (Lipinski definition) is 2. The molecule has 88 valence electrons. The van der Waals surface area contributed by atoms with Crippen molar-refractivity contribution >= 4 is 5.91 Å². The van der Waals surface area contributed by atoms with Crippen molar-refractivity contribution in [2.24, 2.45) is 0 Å². The average molecular weight is 228 g/mol. The Labute approximate surface area is 92.8 Å². The number of amides is 1. The van der Waals surface area contributed by atoms with Gasteiger partial charge in [0.05, 0.1) is 0 Å². The Balaban J connectivity index is 2.29. The fourth-order valence-corrected chi connectivity index (χ4v) is 1.27. The van der Waals surface area contributed by atoms with Crippen LogP contribution in [0.15, 0.2) is 18.2 Å². The van der Waals surface area contributed by atoms with Crippen molar-refractivity contribution in [3.8, 4) is 0 Å². The molecule has 0 aromatic heterocycles. The molecule has 0 atom stereocenters. The summed E-state index contributed by atoms with van der Waals surface area (Å²) < 4.78 is 25.6. The number of carbonyl (C=O) groups excluding carboxylic acids is 1. The second kappa shape index (κ2) is 6.17. The maximum atomic E-state index is 12.8. The van der Waals surface area contributed by atoms with Crippen molar-refractivity contribution < 1.29 is 13.6 Å². The largest absolute Gasteiger partial charge is 0.355 e. The maximum Gasteiger partial charge on any atom is 0.216 e. The zero-order chi connectivity index (χ0) is 12.0. The summed E-state index contributed by atoms with van der Waals surface area (Å²) in [5, 5.41) is 5.57. The van der Waals surface area contributed by atoms with E-state index in [0.717, 1.165) is 6.07 Å². The van der Waals surface area contributed by atoms with E-state index in [1.807, 2.05) is 0 Å². The molecule has 0 heterocycles. The van der Waals surface area contributed by atoms with Crippen molar-refractivity contribution in [2.75, 3.05) is 13.1 Å². The standard InChI is InChI=1S/C11H14F2N2O/c1-8(16)15-3-2-14-7-9-4-10(12)6-11(13)5-9/h4-6,14H,2-3,7H2,1H3,(H,15,16). The van der Waals surface area contributed by atoms with Crippen molar-refractivity contribution in [1.82, 2.24) is 10.6 Å². The van der Waals surface area contributed by atoms with E-state index < -0.39 is 11.6 Å². The highest BCUT2D eigenvalue weighted by Crippen LogP contribution is 2.07. The molecule has 0 aliphatic heterocycles. The first kappa shape index (κ1) is 12.6. The number of carbonyl (C=O) groups is 1. The molecule has 0 bridgehead atoms. The maximum absolute atomic E-state index is 12.8. The van der Waals surface area contributed by atoms with Crippen LogP contribution in [-0.2, 0) is 11.3 Å². The van der Waals surface area contributed by atoms with Gasteiger partial charge in [-0.05, 0) is 17.7 Å². The van der Waals surface area contributed by atoms with Crippen LogP contribution in [0.5, 0.6) is 0 Å². The van der Waals surface area contributed by atoms with Crippen LogP contribution in [0.25, 0.3) is 0 Å². The molecular weight excluding hydrogens is 214 g/mol. The van der Waals surface area contributed by atoms with E-state index in [0.29, 0.717) is 25.2 Å². The molecule has 1 rings (SSSR count). The number of halogens is 2. The third-order valence-corrected chi connectivity index (χ3v) is 1.93. The summed E-state index contributed by atoms with van der Waals surface area (Å²) in [4.78, 5) is 10.5. The Morgan fingerprint density at radius 2 is 1.81 bits per heavy atom. The first-order chi connectivity index (χ1) is 7.58. The Kier molecular flexibility index (Phi) is 4.85. The van der Waals surface area contributed by atoms with Crippen LogP contribution in [0, 0.1) is 11.6 Å². The van der Waals surface area contributed by atoms with Crippen LogP contribution in [0.1, 0.15) is 12.5 Å². The second-order valence-corrected chi connectivity index (χ2v) is 3.44. The van der Waals surface area contributed by atoms with Crippen molar-refractivity contribution in [1.29, 1.82) is 0 Å². The van der Waals surface area contributed by atoms with Crippen LogP contribution < -0.4 is 10.6 Å². The molecule has 1 aromatic carbocycles. The summed E-state index contributed by atoms with van der Waals surface area (Å²) >= 11 is 0. The molecule has 1 aromatic rings. The number of benzene rings is 1. The van der Waals surface area contributed by atoms with Gasteiger partial charge < -0.3 is 10.6 Å². The minimum absolute atomic E-state index is 0.0985. The Bertz CT molecular complexity index is 349. The van der Waals surface area contributed by atoms with Crippen LogP contribution in [0.4, 0.5) is 8.78 Å². The van der Waals surface area contributed by atoms with Gasteiger partial charge in [-0.1, -0.05) is 0 Å². The summed E-state index contributed by atoms with van der Waals surface area (Å²) in [6.45, 7) is 2.85. The van der Waals surface area contributed by atoms with E-state index in [2.05, 4.69) is 10.6 Å². The van der Waals surface area contributed by atoms with Crippen molar-refractivity contribution in [3.63, 3.8) is 0 Å². The number of nitrogens with one attached hydrogen (secondary N) is 2. The Morgan fingerprint density at radius 1 is 1.19 bits per heavy atom. The highest BCUT2D eigenvalue weighted by atomic mass is 19.1. The van der Waals surface area contributed by atoms with Crippen LogP contribution >= 0.6 is 0 Å². The molecule has 3 nitrogen and oxygen atoms in total. The molecule has 0 radical (unpaired) electrons. The van der Waals surface area contributed by atoms with Crippen LogP contribution in [-0.4, -0.2) is 19.0 Å². The van der Waals surface area contributed by atoms with E-state index in [-0.39, 0.29) is 5.91 Å². The quantitative estimate of drug-likeness (QED) is 0.743. The zero-order valence-corrected chi connectivity index (χ0v) is 9.02. The van der Waals surface area contributed by atoms with Gasteiger partial charge in [-0.3, -0.25) is 4.79 Å². The lowest BCUT2D eigenvalue weighted by Gasteiger charge is -2.05. The molecule has 0 spiro atoms. The van der Waals surface area contributed by atoms with Crippen molar-refractivity contribution in [3.05, 3.63) is 35.4 Å². The lowest BCUT2D eigenvalue weighted by Crippen LogP contribution is -2.29. The second-order valence-electron chi connectivity index (χ2n) is 3.44. The predicted octanol–water partition coefficient (Wildman–Crippen LogP) is 1.19. The molecule has 0 unspecified atom stereocenters. The molecule has 0 aliphatic carbocycles. The highest BCUT2D eigenvalue weighted by Gasteiger charge is 1.99. The van der Waals surface area contributed by atoms with Gasteiger partial charge in [0.25, 0.3) is 0 Å². The minimum atomic E-state index is -0.585. The van der Waals surface area contributed by atoms with Gasteiger partial charge in [0.15, 0.2) is 0 Å².